The van der Waals surface area contributed by atoms with Crippen molar-refractivity contribution in [1.82, 2.24) is 10.7 Å². The van der Waals surface area contributed by atoms with Gasteiger partial charge in [-0.2, -0.15) is 5.10 Å². The predicted molar refractivity (Wildman–Crippen MR) is 132 cm³/mol. The molecule has 3 N–H and O–H groups in total. The van der Waals surface area contributed by atoms with E-state index < -0.39 is 11.8 Å². The molecule has 182 valence electrons. The maximum absolute atomic E-state index is 12.2. The third-order valence-electron chi connectivity index (χ3n) is 4.33. The number of rotatable bonds is 10. The Hall–Kier alpha value is -4.12. The SMILES string of the molecule is CCOc1cc(/C=N\NC(=O)C(=O)NCc2ccco2)cc(Br)c1OCC(=O)Nc1ccccc1. The minimum Gasteiger partial charge on any atom is -0.490 e. The molecule has 35 heavy (non-hydrogen) atoms. The van der Waals surface area contributed by atoms with Crippen LogP contribution in [0, 0.1) is 0 Å². The van der Waals surface area contributed by atoms with Crippen LogP contribution in [0.25, 0.3) is 0 Å². The van der Waals surface area contributed by atoms with Crippen LogP contribution in [0.5, 0.6) is 11.5 Å². The Balaban J connectivity index is 1.57. The number of amides is 3. The van der Waals surface area contributed by atoms with Crippen LogP contribution in [0.3, 0.4) is 0 Å². The van der Waals surface area contributed by atoms with E-state index in [1.54, 1.807) is 36.4 Å². The van der Waals surface area contributed by atoms with E-state index in [4.69, 9.17) is 13.9 Å². The highest BCUT2D eigenvalue weighted by molar-refractivity contribution is 9.10. The Labute approximate surface area is 209 Å². The Kier molecular flexibility index (Phi) is 9.43. The molecule has 2 aromatic carbocycles. The van der Waals surface area contributed by atoms with Crippen LogP contribution in [0.15, 0.2) is 74.9 Å². The standard InChI is InChI=1S/C24H23BrN4O6/c1-2-33-20-12-16(13-27-29-24(32)23(31)26-14-18-9-6-10-34-18)11-19(25)22(20)35-15-21(30)28-17-7-4-3-5-8-17/h3-13H,2,14-15H2,1H3,(H,26,31)(H,28,30)(H,29,32)/b27-13-. The predicted octanol–water partition coefficient (Wildman–Crippen LogP) is 3.22. The second kappa shape index (κ2) is 12.9. The number of halogens is 1. The van der Waals surface area contributed by atoms with Crippen molar-refractivity contribution in [3.05, 3.63) is 76.7 Å². The van der Waals surface area contributed by atoms with Gasteiger partial charge in [0.05, 0.1) is 30.1 Å². The highest BCUT2D eigenvalue weighted by atomic mass is 79.9. The van der Waals surface area contributed by atoms with Gasteiger partial charge in [0.25, 0.3) is 5.91 Å². The Morgan fingerprint density at radius 2 is 1.86 bits per heavy atom. The van der Waals surface area contributed by atoms with E-state index in [0.717, 1.165) is 0 Å². The van der Waals surface area contributed by atoms with E-state index in [9.17, 15) is 14.4 Å². The number of hydrogen-bond acceptors (Lipinski definition) is 7. The summed E-state index contributed by atoms with van der Waals surface area (Å²) in [5, 5.41) is 8.97. The maximum Gasteiger partial charge on any atom is 0.329 e. The molecule has 0 atom stereocenters. The zero-order valence-electron chi connectivity index (χ0n) is 18.7. The third-order valence-corrected chi connectivity index (χ3v) is 4.92. The van der Waals surface area contributed by atoms with E-state index in [1.807, 2.05) is 25.1 Å². The van der Waals surface area contributed by atoms with Crippen LogP contribution in [-0.4, -0.2) is 37.1 Å². The topological polar surface area (TPSA) is 131 Å². The van der Waals surface area contributed by atoms with Gasteiger partial charge in [-0.05, 0) is 64.8 Å². The fraction of sp³-hybridized carbons (Fsp3) is 0.167. The number of nitrogens with zero attached hydrogens (tertiary/aromatic N) is 1. The first-order valence-corrected chi connectivity index (χ1v) is 11.3. The number of anilines is 1. The summed E-state index contributed by atoms with van der Waals surface area (Å²) in [7, 11) is 0. The summed E-state index contributed by atoms with van der Waals surface area (Å²) >= 11 is 3.41. The summed E-state index contributed by atoms with van der Waals surface area (Å²) in [4.78, 5) is 36.0. The molecule has 0 aliphatic rings. The van der Waals surface area contributed by atoms with Gasteiger partial charge in [0.2, 0.25) is 0 Å². The van der Waals surface area contributed by atoms with Gasteiger partial charge in [0.15, 0.2) is 18.1 Å². The first-order valence-electron chi connectivity index (χ1n) is 10.5. The van der Waals surface area contributed by atoms with Gasteiger partial charge in [-0.3, -0.25) is 14.4 Å². The van der Waals surface area contributed by atoms with Crippen molar-refractivity contribution < 1.29 is 28.3 Å². The molecule has 0 saturated carbocycles. The highest BCUT2D eigenvalue weighted by Gasteiger charge is 2.15. The lowest BCUT2D eigenvalue weighted by atomic mass is 10.2. The second-order valence-corrected chi connectivity index (χ2v) is 7.78. The molecule has 3 aromatic rings. The molecule has 3 amide bonds. The number of nitrogens with one attached hydrogen (secondary N) is 3. The largest absolute Gasteiger partial charge is 0.490 e. The summed E-state index contributed by atoms with van der Waals surface area (Å²) < 4.78 is 16.9. The first-order chi connectivity index (χ1) is 17.0. The summed E-state index contributed by atoms with van der Waals surface area (Å²) in [6.45, 7) is 2.01. The Bertz CT molecular complexity index is 1180. The normalized spacial score (nSPS) is 10.6. The fourth-order valence-electron chi connectivity index (χ4n) is 2.80. The van der Waals surface area contributed by atoms with E-state index in [-0.39, 0.29) is 19.1 Å². The second-order valence-electron chi connectivity index (χ2n) is 6.93. The van der Waals surface area contributed by atoms with E-state index >= 15 is 0 Å². The molecular formula is C24H23BrN4O6. The molecule has 1 aromatic heterocycles. The average molecular weight is 543 g/mol. The number of carbonyl (C=O) groups is 3. The molecule has 0 radical (unpaired) electrons. The minimum absolute atomic E-state index is 0.0818. The molecular weight excluding hydrogens is 520 g/mol. The average Bonchev–Trinajstić information content (AvgIpc) is 3.36. The third kappa shape index (κ3) is 8.00. The molecule has 0 aliphatic heterocycles. The zero-order valence-corrected chi connectivity index (χ0v) is 20.3. The monoisotopic (exact) mass is 542 g/mol. The highest BCUT2D eigenvalue weighted by Crippen LogP contribution is 2.36. The van der Waals surface area contributed by atoms with Crippen molar-refractivity contribution in [3.63, 3.8) is 0 Å². The van der Waals surface area contributed by atoms with E-state index in [2.05, 4.69) is 37.1 Å². The lowest BCUT2D eigenvalue weighted by Gasteiger charge is -2.14. The van der Waals surface area contributed by atoms with Gasteiger partial charge in [-0.15, -0.1) is 0 Å². The summed E-state index contributed by atoms with van der Waals surface area (Å²) in [6, 6.07) is 15.7. The van der Waals surface area contributed by atoms with Crippen LogP contribution in [0.1, 0.15) is 18.2 Å². The number of hydrazone groups is 1. The van der Waals surface area contributed by atoms with Gasteiger partial charge in [-0.1, -0.05) is 18.2 Å². The molecule has 0 saturated heterocycles. The summed E-state index contributed by atoms with van der Waals surface area (Å²) in [5.41, 5.74) is 3.37. The lowest BCUT2D eigenvalue weighted by molar-refractivity contribution is -0.139. The zero-order chi connectivity index (χ0) is 25.0. The van der Waals surface area contributed by atoms with E-state index in [1.165, 1.54) is 12.5 Å². The molecule has 10 nitrogen and oxygen atoms in total. The molecule has 0 spiro atoms. The van der Waals surface area contributed by atoms with Crippen molar-refractivity contribution in [2.75, 3.05) is 18.5 Å². The molecule has 0 unspecified atom stereocenters. The number of ether oxygens (including phenoxy) is 2. The fourth-order valence-corrected chi connectivity index (χ4v) is 3.37. The van der Waals surface area contributed by atoms with Crippen LogP contribution in [0.2, 0.25) is 0 Å². The summed E-state index contributed by atoms with van der Waals surface area (Å²) in [5.74, 6) is -0.882. The van der Waals surface area contributed by atoms with Gasteiger partial charge >= 0.3 is 11.8 Å². The van der Waals surface area contributed by atoms with Crippen molar-refractivity contribution in [3.8, 4) is 11.5 Å². The Morgan fingerprint density at radius 3 is 2.57 bits per heavy atom. The first kappa shape index (κ1) is 25.5. The number of para-hydroxylation sites is 1. The molecule has 0 aliphatic carbocycles. The van der Waals surface area contributed by atoms with Crippen LogP contribution >= 0.6 is 15.9 Å². The smallest absolute Gasteiger partial charge is 0.329 e. The molecule has 11 heteroatoms. The van der Waals surface area contributed by atoms with Crippen LogP contribution in [0.4, 0.5) is 5.69 Å². The quantitative estimate of drug-likeness (QED) is 0.205. The van der Waals surface area contributed by atoms with E-state index in [0.29, 0.717) is 39.6 Å². The molecule has 1 heterocycles. The van der Waals surface area contributed by atoms with Crippen molar-refractivity contribution in [1.29, 1.82) is 0 Å². The summed E-state index contributed by atoms with van der Waals surface area (Å²) in [6.07, 6.45) is 2.81. The van der Waals surface area contributed by atoms with Crippen LogP contribution in [-0.2, 0) is 20.9 Å². The van der Waals surface area contributed by atoms with Gasteiger partial charge < -0.3 is 24.5 Å². The number of carbonyl (C=O) groups excluding carboxylic acids is 3. The van der Waals surface area contributed by atoms with Crippen LogP contribution < -0.4 is 25.5 Å². The lowest BCUT2D eigenvalue weighted by Crippen LogP contribution is -2.37. The van der Waals surface area contributed by atoms with Crippen molar-refractivity contribution in [2.24, 2.45) is 5.10 Å². The number of benzene rings is 2. The van der Waals surface area contributed by atoms with Gasteiger partial charge in [0, 0.05) is 5.69 Å². The van der Waals surface area contributed by atoms with Crippen molar-refractivity contribution >= 4 is 45.6 Å². The Morgan fingerprint density at radius 1 is 1.06 bits per heavy atom. The molecule has 3 rings (SSSR count). The molecule has 0 fully saturated rings. The number of hydrogen-bond donors (Lipinski definition) is 3. The number of furan rings is 1. The van der Waals surface area contributed by atoms with Gasteiger partial charge in [0.1, 0.15) is 5.76 Å². The minimum atomic E-state index is -0.929. The molecule has 0 bridgehead atoms. The van der Waals surface area contributed by atoms with Crippen molar-refractivity contribution in [2.45, 2.75) is 13.5 Å². The van der Waals surface area contributed by atoms with Gasteiger partial charge in [-0.25, -0.2) is 5.43 Å². The maximum atomic E-state index is 12.2.